The number of aromatic nitrogens is 2. The van der Waals surface area contributed by atoms with Gasteiger partial charge in [0.2, 0.25) is 0 Å². The Morgan fingerprint density at radius 3 is 2.40 bits per heavy atom. The van der Waals surface area contributed by atoms with E-state index in [0.717, 1.165) is 35.7 Å². The van der Waals surface area contributed by atoms with Gasteiger partial charge >= 0.3 is 0 Å². The Balaban J connectivity index is 1.94. The van der Waals surface area contributed by atoms with Crippen LogP contribution in [-0.2, 0) is 0 Å². The molecule has 2 aromatic rings. The van der Waals surface area contributed by atoms with Crippen molar-refractivity contribution in [3.63, 3.8) is 0 Å². The van der Waals surface area contributed by atoms with Gasteiger partial charge in [0.15, 0.2) is 0 Å². The number of halogens is 1. The highest BCUT2D eigenvalue weighted by Gasteiger charge is 2.28. The summed E-state index contributed by atoms with van der Waals surface area (Å²) >= 11 is 2.29. The summed E-state index contributed by atoms with van der Waals surface area (Å²) in [6.45, 7) is 1.96. The molecule has 1 aromatic carbocycles. The molecule has 1 fully saturated rings. The second kappa shape index (κ2) is 5.53. The standard InChI is InChI=1S/C14H16IN5/c1-8-12(17-11-6-4-10(15)5-7-11)18-14(9-2-3-9)19-13(8)20-16/h4-7,9H,2-3,16H2,1H3,(H2,17,18,19,20). The Morgan fingerprint density at radius 1 is 1.15 bits per heavy atom. The van der Waals surface area contributed by atoms with Gasteiger partial charge < -0.3 is 10.7 Å². The van der Waals surface area contributed by atoms with Crippen molar-refractivity contribution in [1.82, 2.24) is 9.97 Å². The average Bonchev–Trinajstić information content (AvgIpc) is 3.28. The van der Waals surface area contributed by atoms with Crippen LogP contribution in [-0.4, -0.2) is 9.97 Å². The van der Waals surface area contributed by atoms with E-state index in [9.17, 15) is 0 Å². The zero-order chi connectivity index (χ0) is 14.1. The van der Waals surface area contributed by atoms with Crippen molar-refractivity contribution in [2.45, 2.75) is 25.7 Å². The number of hydrogen-bond donors (Lipinski definition) is 3. The smallest absolute Gasteiger partial charge is 0.148 e. The molecule has 5 nitrogen and oxygen atoms in total. The molecule has 4 N–H and O–H groups in total. The molecule has 0 atom stereocenters. The van der Waals surface area contributed by atoms with Crippen LogP contribution in [0.25, 0.3) is 0 Å². The van der Waals surface area contributed by atoms with Gasteiger partial charge in [-0.25, -0.2) is 15.8 Å². The summed E-state index contributed by atoms with van der Waals surface area (Å²) in [6.07, 6.45) is 2.33. The van der Waals surface area contributed by atoms with Gasteiger partial charge in [0.25, 0.3) is 0 Å². The molecule has 1 aliphatic carbocycles. The van der Waals surface area contributed by atoms with Gasteiger partial charge in [-0.15, -0.1) is 0 Å². The number of nitrogens with two attached hydrogens (primary N) is 1. The maximum absolute atomic E-state index is 5.55. The highest BCUT2D eigenvalue weighted by Crippen LogP contribution is 2.39. The lowest BCUT2D eigenvalue weighted by Gasteiger charge is -2.13. The van der Waals surface area contributed by atoms with Crippen LogP contribution in [0.3, 0.4) is 0 Å². The summed E-state index contributed by atoms with van der Waals surface area (Å²) in [5.74, 6) is 8.42. The quantitative estimate of drug-likeness (QED) is 0.431. The normalized spacial score (nSPS) is 14.2. The second-order valence-electron chi connectivity index (χ2n) is 4.95. The van der Waals surface area contributed by atoms with E-state index in [2.05, 4.69) is 55.4 Å². The Bertz CT molecular complexity index is 622. The molecule has 0 unspecified atom stereocenters. The Kier molecular flexibility index (Phi) is 3.75. The van der Waals surface area contributed by atoms with Crippen LogP contribution in [0.5, 0.6) is 0 Å². The molecular formula is C14H16IN5. The number of benzene rings is 1. The van der Waals surface area contributed by atoms with Crippen LogP contribution in [0.4, 0.5) is 17.3 Å². The minimum atomic E-state index is 0.486. The molecule has 1 aromatic heterocycles. The number of anilines is 3. The Morgan fingerprint density at radius 2 is 1.80 bits per heavy atom. The molecule has 1 aliphatic rings. The van der Waals surface area contributed by atoms with Crippen LogP contribution in [0.15, 0.2) is 24.3 Å². The molecule has 0 amide bonds. The predicted molar refractivity (Wildman–Crippen MR) is 89.0 cm³/mol. The van der Waals surface area contributed by atoms with Crippen LogP contribution < -0.4 is 16.6 Å². The molecule has 0 saturated heterocycles. The zero-order valence-electron chi connectivity index (χ0n) is 11.2. The van der Waals surface area contributed by atoms with Crippen LogP contribution in [0.2, 0.25) is 0 Å². The summed E-state index contributed by atoms with van der Waals surface area (Å²) in [7, 11) is 0. The highest BCUT2D eigenvalue weighted by atomic mass is 127. The van der Waals surface area contributed by atoms with Crippen molar-refractivity contribution < 1.29 is 0 Å². The molecule has 0 aliphatic heterocycles. The third-order valence-corrected chi connectivity index (χ3v) is 4.07. The van der Waals surface area contributed by atoms with Crippen molar-refractivity contribution in [3.05, 3.63) is 39.2 Å². The first-order chi connectivity index (χ1) is 9.67. The van der Waals surface area contributed by atoms with Gasteiger partial charge in [-0.2, -0.15) is 0 Å². The fourth-order valence-corrected chi connectivity index (χ4v) is 2.35. The fraction of sp³-hybridized carbons (Fsp3) is 0.286. The van der Waals surface area contributed by atoms with Crippen molar-refractivity contribution in [2.24, 2.45) is 5.84 Å². The lowest BCUT2D eigenvalue weighted by Crippen LogP contribution is -2.13. The largest absolute Gasteiger partial charge is 0.340 e. The molecule has 0 bridgehead atoms. The molecule has 104 valence electrons. The van der Waals surface area contributed by atoms with Gasteiger partial charge in [-0.1, -0.05) is 0 Å². The Labute approximate surface area is 131 Å². The maximum atomic E-state index is 5.55. The lowest BCUT2D eigenvalue weighted by molar-refractivity contribution is 0.920. The molecule has 0 spiro atoms. The van der Waals surface area contributed by atoms with E-state index in [1.54, 1.807) is 0 Å². The lowest BCUT2D eigenvalue weighted by atomic mass is 10.2. The second-order valence-corrected chi connectivity index (χ2v) is 6.20. The molecule has 1 saturated carbocycles. The molecule has 3 rings (SSSR count). The summed E-state index contributed by atoms with van der Waals surface area (Å²) in [6, 6.07) is 8.19. The van der Waals surface area contributed by atoms with E-state index in [4.69, 9.17) is 5.84 Å². The molecular weight excluding hydrogens is 365 g/mol. The SMILES string of the molecule is Cc1c(NN)nc(C2CC2)nc1Nc1ccc(I)cc1. The van der Waals surface area contributed by atoms with E-state index in [1.165, 1.54) is 3.57 Å². The molecule has 0 radical (unpaired) electrons. The summed E-state index contributed by atoms with van der Waals surface area (Å²) in [5, 5.41) is 3.35. The van der Waals surface area contributed by atoms with Crippen LogP contribution in [0, 0.1) is 10.5 Å². The first kappa shape index (κ1) is 13.6. The van der Waals surface area contributed by atoms with Crippen molar-refractivity contribution >= 4 is 39.9 Å². The number of rotatable bonds is 4. The molecule has 6 heteroatoms. The maximum Gasteiger partial charge on any atom is 0.148 e. The predicted octanol–water partition coefficient (Wildman–Crippen LogP) is 3.30. The molecule has 20 heavy (non-hydrogen) atoms. The minimum Gasteiger partial charge on any atom is -0.340 e. The highest BCUT2D eigenvalue weighted by molar-refractivity contribution is 14.1. The van der Waals surface area contributed by atoms with Crippen LogP contribution >= 0.6 is 22.6 Å². The fourth-order valence-electron chi connectivity index (χ4n) is 1.99. The summed E-state index contributed by atoms with van der Waals surface area (Å²) in [5.41, 5.74) is 4.60. The van der Waals surface area contributed by atoms with Gasteiger partial charge in [0.05, 0.1) is 0 Å². The van der Waals surface area contributed by atoms with E-state index in [1.807, 2.05) is 19.1 Å². The van der Waals surface area contributed by atoms with Gasteiger partial charge in [-0.05, 0) is 66.6 Å². The van der Waals surface area contributed by atoms with E-state index >= 15 is 0 Å². The number of hydrogen-bond acceptors (Lipinski definition) is 5. The van der Waals surface area contributed by atoms with Gasteiger partial charge in [0, 0.05) is 20.7 Å². The van der Waals surface area contributed by atoms with Crippen LogP contribution in [0.1, 0.15) is 30.1 Å². The number of nitrogen functional groups attached to an aromatic ring is 1. The van der Waals surface area contributed by atoms with E-state index < -0.39 is 0 Å². The number of nitrogens with zero attached hydrogens (tertiary/aromatic N) is 2. The van der Waals surface area contributed by atoms with E-state index in [-0.39, 0.29) is 0 Å². The summed E-state index contributed by atoms with van der Waals surface area (Å²) < 4.78 is 1.20. The van der Waals surface area contributed by atoms with E-state index in [0.29, 0.717) is 11.7 Å². The third-order valence-electron chi connectivity index (χ3n) is 3.35. The van der Waals surface area contributed by atoms with Gasteiger partial charge in [-0.3, -0.25) is 0 Å². The van der Waals surface area contributed by atoms with Crippen molar-refractivity contribution in [2.75, 3.05) is 10.7 Å². The number of nitrogens with one attached hydrogen (secondary N) is 2. The first-order valence-electron chi connectivity index (χ1n) is 6.55. The summed E-state index contributed by atoms with van der Waals surface area (Å²) in [4.78, 5) is 9.12. The zero-order valence-corrected chi connectivity index (χ0v) is 13.3. The van der Waals surface area contributed by atoms with Gasteiger partial charge in [0.1, 0.15) is 17.5 Å². The molecule has 1 heterocycles. The third kappa shape index (κ3) is 2.85. The Hall–Kier alpha value is -1.41. The van der Waals surface area contributed by atoms with Crippen molar-refractivity contribution in [1.29, 1.82) is 0 Å². The topological polar surface area (TPSA) is 75.9 Å². The first-order valence-corrected chi connectivity index (χ1v) is 7.63. The minimum absolute atomic E-state index is 0.486. The monoisotopic (exact) mass is 381 g/mol. The number of hydrazine groups is 1. The van der Waals surface area contributed by atoms with Crippen molar-refractivity contribution in [3.8, 4) is 0 Å². The average molecular weight is 381 g/mol.